The van der Waals surface area contributed by atoms with Gasteiger partial charge in [0.05, 0.1) is 0 Å². The van der Waals surface area contributed by atoms with Crippen LogP contribution in [-0.2, 0) is 13.5 Å². The molecule has 0 saturated carbocycles. The second-order valence-electron chi connectivity index (χ2n) is 3.62. The summed E-state index contributed by atoms with van der Waals surface area (Å²) >= 11 is 0. The fourth-order valence-corrected chi connectivity index (χ4v) is 1.57. The van der Waals surface area contributed by atoms with Gasteiger partial charge in [0.1, 0.15) is 5.82 Å². The van der Waals surface area contributed by atoms with Gasteiger partial charge in [-0.3, -0.25) is 0 Å². The van der Waals surface area contributed by atoms with Crippen molar-refractivity contribution in [3.05, 3.63) is 53.6 Å². The van der Waals surface area contributed by atoms with E-state index in [1.54, 1.807) is 0 Å². The molecule has 0 bridgehead atoms. The van der Waals surface area contributed by atoms with Crippen LogP contribution in [0.2, 0.25) is 0 Å². The molecule has 2 heteroatoms. The Morgan fingerprint density at radius 2 is 2.21 bits per heavy atom. The Balaban J connectivity index is 2.23. The molecule has 1 aromatic carbocycles. The van der Waals surface area contributed by atoms with E-state index < -0.39 is 0 Å². The summed E-state index contributed by atoms with van der Waals surface area (Å²) < 4.78 is 2.06. The Morgan fingerprint density at radius 1 is 1.36 bits per heavy atom. The molecule has 1 heterocycles. The van der Waals surface area contributed by atoms with Gasteiger partial charge in [-0.1, -0.05) is 29.8 Å². The lowest BCUT2D eigenvalue weighted by Gasteiger charge is -2.02. The van der Waals surface area contributed by atoms with Crippen molar-refractivity contribution in [3.63, 3.8) is 0 Å². The highest BCUT2D eigenvalue weighted by Crippen LogP contribution is 2.08. The lowest BCUT2D eigenvalue weighted by Crippen LogP contribution is -1.98. The van der Waals surface area contributed by atoms with Gasteiger partial charge in [0.2, 0.25) is 0 Å². The van der Waals surface area contributed by atoms with E-state index in [0.29, 0.717) is 0 Å². The summed E-state index contributed by atoms with van der Waals surface area (Å²) in [6.45, 7) is 2.11. The molecule has 0 radical (unpaired) electrons. The number of nitrogens with zero attached hydrogens (tertiary/aromatic N) is 2. The first kappa shape index (κ1) is 9.00. The molecule has 0 N–H and O–H groups in total. The number of imidazole rings is 1. The summed E-state index contributed by atoms with van der Waals surface area (Å²) in [7, 11) is 2.03. The van der Waals surface area contributed by atoms with E-state index in [0.717, 1.165) is 12.2 Å². The molecule has 0 aliphatic rings. The van der Waals surface area contributed by atoms with Gasteiger partial charge >= 0.3 is 0 Å². The van der Waals surface area contributed by atoms with E-state index >= 15 is 0 Å². The summed E-state index contributed by atoms with van der Waals surface area (Å²) in [5.74, 6) is 1.11. The maximum Gasteiger partial charge on any atom is 0.112 e. The zero-order valence-corrected chi connectivity index (χ0v) is 8.57. The number of aryl methyl sites for hydroxylation is 2. The Kier molecular flexibility index (Phi) is 2.35. The fraction of sp³-hybridized carbons (Fsp3) is 0.250. The first-order valence-electron chi connectivity index (χ1n) is 4.77. The molecule has 0 aliphatic heterocycles. The Morgan fingerprint density at radius 3 is 2.86 bits per heavy atom. The topological polar surface area (TPSA) is 17.8 Å². The minimum absolute atomic E-state index is 0.908. The van der Waals surface area contributed by atoms with Gasteiger partial charge in [-0.25, -0.2) is 4.98 Å². The monoisotopic (exact) mass is 186 g/mol. The minimum Gasteiger partial charge on any atom is -0.338 e. The molecule has 2 aromatic rings. The van der Waals surface area contributed by atoms with Crippen molar-refractivity contribution in [1.29, 1.82) is 0 Å². The van der Waals surface area contributed by atoms with E-state index in [1.807, 2.05) is 19.4 Å². The van der Waals surface area contributed by atoms with Crippen molar-refractivity contribution in [1.82, 2.24) is 9.55 Å². The first-order valence-corrected chi connectivity index (χ1v) is 4.77. The second-order valence-corrected chi connectivity index (χ2v) is 3.62. The van der Waals surface area contributed by atoms with Crippen LogP contribution in [0.15, 0.2) is 36.7 Å². The van der Waals surface area contributed by atoms with Gasteiger partial charge in [-0.2, -0.15) is 0 Å². The summed E-state index contributed by atoms with van der Waals surface area (Å²) in [5.41, 5.74) is 2.62. The Bertz CT molecular complexity index is 429. The fourth-order valence-electron chi connectivity index (χ4n) is 1.57. The average molecular weight is 186 g/mol. The molecule has 0 saturated heterocycles. The molecular weight excluding hydrogens is 172 g/mol. The minimum atomic E-state index is 0.908. The highest BCUT2D eigenvalue weighted by Gasteiger charge is 2.00. The number of rotatable bonds is 2. The lowest BCUT2D eigenvalue weighted by atomic mass is 10.1. The maximum absolute atomic E-state index is 4.30. The summed E-state index contributed by atoms with van der Waals surface area (Å²) in [5, 5.41) is 0. The first-order chi connectivity index (χ1) is 6.75. The smallest absolute Gasteiger partial charge is 0.112 e. The van der Waals surface area contributed by atoms with E-state index in [-0.39, 0.29) is 0 Å². The predicted octanol–water partition coefficient (Wildman–Crippen LogP) is 2.32. The van der Waals surface area contributed by atoms with Crippen molar-refractivity contribution in [2.75, 3.05) is 0 Å². The molecule has 2 rings (SSSR count). The molecule has 72 valence electrons. The highest BCUT2D eigenvalue weighted by molar-refractivity contribution is 5.24. The van der Waals surface area contributed by atoms with Crippen LogP contribution >= 0.6 is 0 Å². The average Bonchev–Trinajstić information content (AvgIpc) is 2.52. The summed E-state index contributed by atoms with van der Waals surface area (Å²) in [6.07, 6.45) is 4.72. The van der Waals surface area contributed by atoms with Crippen LogP contribution < -0.4 is 0 Å². The van der Waals surface area contributed by atoms with Crippen molar-refractivity contribution < 1.29 is 0 Å². The molecule has 1 aromatic heterocycles. The zero-order chi connectivity index (χ0) is 9.97. The van der Waals surface area contributed by atoms with Gasteiger partial charge in [0, 0.05) is 25.9 Å². The maximum atomic E-state index is 4.30. The van der Waals surface area contributed by atoms with Crippen LogP contribution in [0.1, 0.15) is 17.0 Å². The van der Waals surface area contributed by atoms with Gasteiger partial charge < -0.3 is 4.57 Å². The van der Waals surface area contributed by atoms with E-state index in [9.17, 15) is 0 Å². The van der Waals surface area contributed by atoms with Crippen molar-refractivity contribution in [2.45, 2.75) is 13.3 Å². The van der Waals surface area contributed by atoms with Crippen molar-refractivity contribution in [3.8, 4) is 0 Å². The summed E-state index contributed by atoms with van der Waals surface area (Å²) in [4.78, 5) is 4.30. The molecule has 0 amide bonds. The molecule has 0 atom stereocenters. The third-order valence-electron chi connectivity index (χ3n) is 2.37. The highest BCUT2D eigenvalue weighted by atomic mass is 15.0. The molecule has 2 nitrogen and oxygen atoms in total. The Labute approximate surface area is 84.2 Å². The SMILES string of the molecule is Cc1cccc(Cc2nccn2C)c1. The number of aromatic nitrogens is 2. The second kappa shape index (κ2) is 3.66. The predicted molar refractivity (Wildman–Crippen MR) is 57.2 cm³/mol. The van der Waals surface area contributed by atoms with Crippen molar-refractivity contribution >= 4 is 0 Å². The van der Waals surface area contributed by atoms with Crippen LogP contribution in [0.5, 0.6) is 0 Å². The molecule has 14 heavy (non-hydrogen) atoms. The molecule has 0 aliphatic carbocycles. The lowest BCUT2D eigenvalue weighted by molar-refractivity contribution is 0.821. The standard InChI is InChI=1S/C12H14N2/c1-10-4-3-5-11(8-10)9-12-13-6-7-14(12)2/h3-8H,9H2,1-2H3. The van der Waals surface area contributed by atoms with Gasteiger partial charge in [0.15, 0.2) is 0 Å². The van der Waals surface area contributed by atoms with Crippen molar-refractivity contribution in [2.24, 2.45) is 7.05 Å². The molecular formula is C12H14N2. The van der Waals surface area contributed by atoms with Crippen LogP contribution in [0.3, 0.4) is 0 Å². The zero-order valence-electron chi connectivity index (χ0n) is 8.57. The van der Waals surface area contributed by atoms with Gasteiger partial charge in [-0.15, -0.1) is 0 Å². The largest absolute Gasteiger partial charge is 0.338 e. The van der Waals surface area contributed by atoms with E-state index in [4.69, 9.17) is 0 Å². The van der Waals surface area contributed by atoms with Gasteiger partial charge in [-0.05, 0) is 12.5 Å². The summed E-state index contributed by atoms with van der Waals surface area (Å²) in [6, 6.07) is 8.55. The normalized spacial score (nSPS) is 10.4. The molecule has 0 unspecified atom stereocenters. The van der Waals surface area contributed by atoms with Crippen LogP contribution in [-0.4, -0.2) is 9.55 Å². The number of hydrogen-bond acceptors (Lipinski definition) is 1. The van der Waals surface area contributed by atoms with E-state index in [2.05, 4.69) is 40.7 Å². The molecule has 0 fully saturated rings. The van der Waals surface area contributed by atoms with Crippen LogP contribution in [0.4, 0.5) is 0 Å². The number of benzene rings is 1. The van der Waals surface area contributed by atoms with Gasteiger partial charge in [0.25, 0.3) is 0 Å². The van der Waals surface area contributed by atoms with Crippen LogP contribution in [0, 0.1) is 6.92 Å². The number of hydrogen-bond donors (Lipinski definition) is 0. The van der Waals surface area contributed by atoms with Crippen LogP contribution in [0.25, 0.3) is 0 Å². The van der Waals surface area contributed by atoms with E-state index in [1.165, 1.54) is 11.1 Å². The quantitative estimate of drug-likeness (QED) is 0.703. The third-order valence-corrected chi connectivity index (χ3v) is 2.37. The Hall–Kier alpha value is -1.57. The molecule has 0 spiro atoms. The third kappa shape index (κ3) is 1.84.